The first-order chi connectivity index (χ1) is 30.0. The molecule has 3 amide bonds. The second-order valence-corrected chi connectivity index (χ2v) is 17.7. The molecule has 0 bridgehead atoms. The van der Waals surface area contributed by atoms with Crippen LogP contribution in [0, 0.1) is 23.7 Å². The first-order valence-electron chi connectivity index (χ1n) is 22.9. The van der Waals surface area contributed by atoms with Gasteiger partial charge in [0.1, 0.15) is 6.54 Å². The zero-order valence-electron chi connectivity index (χ0n) is 37.5. The quantitative estimate of drug-likeness (QED) is 0.152. The van der Waals surface area contributed by atoms with Gasteiger partial charge in [-0.3, -0.25) is 19.2 Å². The number of rotatable bonds is 13. The van der Waals surface area contributed by atoms with Crippen LogP contribution < -0.4 is 5.32 Å². The van der Waals surface area contributed by atoms with Crippen LogP contribution in [-0.2, 0) is 63.6 Å². The number of aryl methyl sites for hydroxylation is 2. The number of benzene rings is 2. The first kappa shape index (κ1) is 45.3. The van der Waals surface area contributed by atoms with Crippen molar-refractivity contribution in [3.63, 3.8) is 0 Å². The number of carbonyl (C=O) groups excluding carboxylic acids is 3. The summed E-state index contributed by atoms with van der Waals surface area (Å²) < 4.78 is 20.7. The van der Waals surface area contributed by atoms with Crippen molar-refractivity contribution >= 4 is 45.5 Å². The fraction of sp³-hybridized carbons (Fsp3) is 0.592. The molecule has 2 aromatic carbocycles. The highest BCUT2D eigenvalue weighted by Gasteiger charge is 2.33. The minimum Gasteiger partial charge on any atom is -0.480 e. The number of likely N-dealkylation sites (N-methyl/N-ethyl adjacent to an activating group) is 2. The lowest BCUT2D eigenvalue weighted by molar-refractivity contribution is -0.137. The smallest absolute Gasteiger partial charge is 0.323 e. The Morgan fingerprint density at radius 3 is 1.56 bits per heavy atom. The third-order valence-electron chi connectivity index (χ3n) is 14.3. The average molecular weight is 854 g/mol. The van der Waals surface area contributed by atoms with E-state index in [-0.39, 0.29) is 30.8 Å². The van der Waals surface area contributed by atoms with Crippen molar-refractivity contribution in [2.75, 3.05) is 72.9 Å². The number of hydrogen-bond acceptors (Lipinski definition) is 7. The van der Waals surface area contributed by atoms with Gasteiger partial charge in [0.2, 0.25) is 5.91 Å². The van der Waals surface area contributed by atoms with E-state index in [9.17, 15) is 19.2 Å². The van der Waals surface area contributed by atoms with Crippen LogP contribution in [0.4, 0.5) is 0 Å². The van der Waals surface area contributed by atoms with Crippen LogP contribution in [0.25, 0.3) is 21.8 Å². The summed E-state index contributed by atoms with van der Waals surface area (Å²) in [4.78, 5) is 52.5. The highest BCUT2D eigenvalue weighted by atomic mass is 16.5. The molecule has 2 aliphatic heterocycles. The molecule has 62 heavy (non-hydrogen) atoms. The molecule has 4 aliphatic rings. The third-order valence-corrected chi connectivity index (χ3v) is 14.3. The Morgan fingerprint density at radius 1 is 0.694 bits per heavy atom. The number of nitrogens with zero attached hydrogens (tertiary/aromatic N) is 4. The molecule has 2 aliphatic carbocycles. The average Bonchev–Trinajstić information content (AvgIpc) is 3.75. The fourth-order valence-electron chi connectivity index (χ4n) is 10.8. The van der Waals surface area contributed by atoms with E-state index in [4.69, 9.17) is 19.3 Å². The molecule has 336 valence electrons. The Bertz CT molecular complexity index is 2230. The second-order valence-electron chi connectivity index (χ2n) is 17.7. The summed E-state index contributed by atoms with van der Waals surface area (Å²) in [5.74, 6) is 1.35. The van der Waals surface area contributed by atoms with E-state index in [2.05, 4.69) is 34.6 Å². The molecule has 4 aromatic rings. The summed E-state index contributed by atoms with van der Waals surface area (Å²) >= 11 is 0. The van der Waals surface area contributed by atoms with Crippen molar-refractivity contribution in [2.45, 2.75) is 78.1 Å². The van der Waals surface area contributed by atoms with Gasteiger partial charge in [0.05, 0.1) is 13.2 Å². The molecule has 0 spiro atoms. The van der Waals surface area contributed by atoms with Gasteiger partial charge in [0, 0.05) is 112 Å². The third kappa shape index (κ3) is 9.90. The van der Waals surface area contributed by atoms with Crippen molar-refractivity contribution in [3.8, 4) is 0 Å². The van der Waals surface area contributed by atoms with E-state index in [1.807, 2.05) is 44.2 Å². The Kier molecular flexibility index (Phi) is 15.1. The van der Waals surface area contributed by atoms with Crippen LogP contribution in [-0.4, -0.2) is 121 Å². The van der Waals surface area contributed by atoms with E-state index in [1.54, 1.807) is 12.0 Å². The van der Waals surface area contributed by atoms with Gasteiger partial charge in [-0.05, 0) is 149 Å². The Hall–Kier alpha value is -4.72. The standard InChI is InChI=1S/C26H37N3O4.C23H30N2O4/c1-4-29(17-25(30)27-11-14-32-3)26(31)20-6-8-24-22(16-20)21-15-19(5-7-23(21)28(24)2)18-9-12-33-13-10-18;1-3-25(14-22(26)27)23(28)17-5-7-21-19(13-17)18-12-16(4-6-20(18)24(21)2)15-8-10-29-11-9-15/h6,8,16,18-19H,4-5,7,9-15,17H2,1-3H3,(H,27,30);5,7,13,15-16H,3-4,6,8-12,14H2,1-2H3,(H,26,27). The first-order valence-corrected chi connectivity index (χ1v) is 22.9. The van der Waals surface area contributed by atoms with Crippen LogP contribution in [0.2, 0.25) is 0 Å². The molecule has 2 atom stereocenters. The molecule has 8 rings (SSSR count). The second kappa shape index (κ2) is 20.6. The number of ether oxygens (including phenoxy) is 3. The number of aliphatic carboxylic acids is 1. The van der Waals surface area contributed by atoms with Gasteiger partial charge >= 0.3 is 5.97 Å². The number of amides is 3. The number of fused-ring (bicyclic) bond motifs is 6. The van der Waals surface area contributed by atoms with Gasteiger partial charge in [-0.25, -0.2) is 0 Å². The monoisotopic (exact) mass is 853 g/mol. The molecular weight excluding hydrogens is 787 g/mol. The molecule has 2 unspecified atom stereocenters. The van der Waals surface area contributed by atoms with Crippen molar-refractivity contribution in [3.05, 3.63) is 70.0 Å². The zero-order chi connectivity index (χ0) is 43.9. The van der Waals surface area contributed by atoms with E-state index in [1.165, 1.54) is 51.2 Å². The lowest BCUT2D eigenvalue weighted by atomic mass is 9.75. The largest absolute Gasteiger partial charge is 0.480 e. The molecule has 2 aromatic heterocycles. The topological polar surface area (TPSA) is 145 Å². The zero-order valence-corrected chi connectivity index (χ0v) is 37.5. The maximum atomic E-state index is 13.3. The molecule has 0 radical (unpaired) electrons. The Labute approximate surface area is 366 Å². The Morgan fingerprint density at radius 2 is 1.15 bits per heavy atom. The predicted molar refractivity (Wildman–Crippen MR) is 240 cm³/mol. The molecular formula is C49H67N5O8. The van der Waals surface area contributed by atoms with Crippen molar-refractivity contribution in [1.29, 1.82) is 0 Å². The minimum absolute atomic E-state index is 0.0514. The van der Waals surface area contributed by atoms with Gasteiger partial charge in [-0.15, -0.1) is 0 Å². The molecule has 2 N–H and O–H groups in total. The van der Waals surface area contributed by atoms with Crippen molar-refractivity contribution in [2.24, 2.45) is 37.8 Å². The fourth-order valence-corrected chi connectivity index (χ4v) is 10.8. The summed E-state index contributed by atoms with van der Waals surface area (Å²) in [5, 5.41) is 14.2. The van der Waals surface area contributed by atoms with Crippen LogP contribution in [0.1, 0.15) is 95.6 Å². The van der Waals surface area contributed by atoms with Crippen molar-refractivity contribution in [1.82, 2.24) is 24.3 Å². The number of carboxylic acids is 1. The van der Waals surface area contributed by atoms with Gasteiger partial charge in [0.25, 0.3) is 11.8 Å². The normalized spacial score (nSPS) is 19.3. The van der Waals surface area contributed by atoms with Crippen LogP contribution in [0.5, 0.6) is 0 Å². The Balaban J connectivity index is 0.000000188. The number of hydrogen-bond donors (Lipinski definition) is 2. The number of carboxylic acid groups (broad SMARTS) is 1. The highest BCUT2D eigenvalue weighted by Crippen LogP contribution is 2.41. The van der Waals surface area contributed by atoms with E-state index in [0.717, 1.165) is 101 Å². The summed E-state index contributed by atoms with van der Waals surface area (Å²) in [7, 11) is 5.85. The number of nitrogens with one attached hydrogen (secondary N) is 1. The van der Waals surface area contributed by atoms with Gasteiger partial charge in [-0.1, -0.05) is 0 Å². The maximum Gasteiger partial charge on any atom is 0.323 e. The van der Waals surface area contributed by atoms with Crippen LogP contribution >= 0.6 is 0 Å². The molecule has 2 fully saturated rings. The summed E-state index contributed by atoms with van der Waals surface area (Å²) in [6.07, 6.45) is 11.4. The SMILES string of the molecule is CCN(CC(=O)NCCOC)C(=O)c1ccc2c(c1)c1c(n2C)CCC(C2CCOCC2)C1.CCN(CC(=O)O)C(=O)c1ccc2c(c1)c1c(n2C)CCC(C2CCOCC2)C1. The molecule has 13 nitrogen and oxygen atoms in total. The van der Waals surface area contributed by atoms with Gasteiger partial charge < -0.3 is 43.6 Å². The number of carbonyl (C=O) groups is 4. The summed E-state index contributed by atoms with van der Waals surface area (Å²) in [5.41, 5.74) is 9.13. The van der Waals surface area contributed by atoms with Crippen LogP contribution in [0.15, 0.2) is 36.4 Å². The predicted octanol–water partition coefficient (Wildman–Crippen LogP) is 6.19. The summed E-state index contributed by atoms with van der Waals surface area (Å²) in [6, 6.07) is 11.8. The molecule has 2 saturated heterocycles. The maximum absolute atomic E-state index is 13.3. The molecule has 13 heteroatoms. The molecule has 4 heterocycles. The lowest BCUT2D eigenvalue weighted by Crippen LogP contribution is -2.41. The van der Waals surface area contributed by atoms with E-state index in [0.29, 0.717) is 49.2 Å². The number of methoxy groups -OCH3 is 1. The van der Waals surface area contributed by atoms with E-state index < -0.39 is 5.97 Å². The highest BCUT2D eigenvalue weighted by molar-refractivity contribution is 6.01. The lowest BCUT2D eigenvalue weighted by Gasteiger charge is -2.33. The van der Waals surface area contributed by atoms with Gasteiger partial charge in [0.15, 0.2) is 0 Å². The van der Waals surface area contributed by atoms with Crippen molar-refractivity contribution < 1.29 is 38.5 Å². The molecule has 0 saturated carbocycles. The van der Waals surface area contributed by atoms with Crippen LogP contribution in [0.3, 0.4) is 0 Å². The van der Waals surface area contributed by atoms with E-state index >= 15 is 0 Å². The minimum atomic E-state index is -0.988. The van der Waals surface area contributed by atoms with Gasteiger partial charge in [-0.2, -0.15) is 0 Å². The summed E-state index contributed by atoms with van der Waals surface area (Å²) in [6.45, 7) is 8.76. The number of aromatic nitrogens is 2.